The number of rotatable bonds is 3. The van der Waals surface area contributed by atoms with Gasteiger partial charge in [-0.15, -0.1) is 0 Å². The van der Waals surface area contributed by atoms with Crippen molar-refractivity contribution in [2.24, 2.45) is 0 Å². The first kappa shape index (κ1) is 12.3. The molecule has 17 heavy (non-hydrogen) atoms. The summed E-state index contributed by atoms with van der Waals surface area (Å²) in [6.45, 7) is 0. The van der Waals surface area contributed by atoms with Gasteiger partial charge in [-0.05, 0) is 34.1 Å². The number of carboxylic acid groups (broad SMARTS) is 1. The third-order valence-electron chi connectivity index (χ3n) is 1.82. The second-order valence-electron chi connectivity index (χ2n) is 2.98. The van der Waals surface area contributed by atoms with Crippen LogP contribution in [0.2, 0.25) is 5.02 Å². The minimum absolute atomic E-state index is 0.00354. The number of halogens is 2. The normalized spacial score (nSPS) is 10.2. The van der Waals surface area contributed by atoms with E-state index in [1.165, 1.54) is 23.5 Å². The molecule has 2 rings (SSSR count). The zero-order chi connectivity index (χ0) is 12.4. The molecule has 0 aliphatic rings. The van der Waals surface area contributed by atoms with E-state index < -0.39 is 5.97 Å². The SMILES string of the molecule is O=C(O)c1cc(Cl)ccc1Oc1nc(Br)cs1. The Morgan fingerprint density at radius 3 is 2.88 bits per heavy atom. The van der Waals surface area contributed by atoms with Crippen molar-refractivity contribution in [3.63, 3.8) is 0 Å². The fraction of sp³-hybridized carbons (Fsp3) is 0. The van der Waals surface area contributed by atoms with E-state index >= 15 is 0 Å². The lowest BCUT2D eigenvalue weighted by atomic mass is 10.2. The van der Waals surface area contributed by atoms with Crippen molar-refractivity contribution in [3.8, 4) is 10.9 Å². The zero-order valence-corrected chi connectivity index (χ0v) is 11.3. The van der Waals surface area contributed by atoms with Crippen molar-refractivity contribution >= 4 is 44.8 Å². The number of hydrogen-bond acceptors (Lipinski definition) is 4. The first-order valence-electron chi connectivity index (χ1n) is 4.38. The Morgan fingerprint density at radius 2 is 2.29 bits per heavy atom. The maximum Gasteiger partial charge on any atom is 0.339 e. The predicted octanol–water partition coefficient (Wildman–Crippen LogP) is 4.05. The number of carbonyl (C=O) groups is 1. The number of aromatic nitrogens is 1. The molecule has 4 nitrogen and oxygen atoms in total. The van der Waals surface area contributed by atoms with E-state index in [-0.39, 0.29) is 11.3 Å². The summed E-state index contributed by atoms with van der Waals surface area (Å²) in [6.07, 6.45) is 0. The standard InChI is InChI=1S/C10H5BrClNO3S/c11-8-4-17-10(13-8)16-7-2-1-5(12)3-6(7)9(14)15/h1-4H,(H,14,15). The van der Waals surface area contributed by atoms with Crippen LogP contribution in [-0.2, 0) is 0 Å². The quantitative estimate of drug-likeness (QED) is 0.920. The lowest BCUT2D eigenvalue weighted by Crippen LogP contribution is -1.99. The van der Waals surface area contributed by atoms with Gasteiger partial charge in [-0.2, -0.15) is 4.98 Å². The van der Waals surface area contributed by atoms with Crippen LogP contribution in [0.15, 0.2) is 28.2 Å². The number of ether oxygens (including phenoxy) is 1. The van der Waals surface area contributed by atoms with Gasteiger partial charge in [0, 0.05) is 10.4 Å². The van der Waals surface area contributed by atoms with Crippen LogP contribution in [0.25, 0.3) is 0 Å². The molecule has 1 aromatic carbocycles. The van der Waals surface area contributed by atoms with Crippen LogP contribution in [0, 0.1) is 0 Å². The van der Waals surface area contributed by atoms with E-state index in [0.717, 1.165) is 0 Å². The number of hydrogen-bond donors (Lipinski definition) is 1. The van der Waals surface area contributed by atoms with E-state index in [0.29, 0.717) is 14.8 Å². The molecule has 0 spiro atoms. The number of benzene rings is 1. The topological polar surface area (TPSA) is 59.4 Å². The molecule has 0 unspecified atom stereocenters. The molecular formula is C10H5BrClNO3S. The van der Waals surface area contributed by atoms with E-state index in [1.54, 1.807) is 11.4 Å². The van der Waals surface area contributed by atoms with Crippen LogP contribution < -0.4 is 4.74 Å². The van der Waals surface area contributed by atoms with Gasteiger partial charge in [0.25, 0.3) is 5.19 Å². The molecule has 0 saturated carbocycles. The first-order chi connectivity index (χ1) is 8.06. The Balaban J connectivity index is 2.35. The van der Waals surface area contributed by atoms with Crippen LogP contribution in [0.1, 0.15) is 10.4 Å². The molecule has 0 radical (unpaired) electrons. The van der Waals surface area contributed by atoms with Crippen molar-refractivity contribution in [1.82, 2.24) is 4.98 Å². The number of carboxylic acids is 1. The summed E-state index contributed by atoms with van der Waals surface area (Å²) >= 11 is 10.2. The van der Waals surface area contributed by atoms with Gasteiger partial charge in [0.15, 0.2) is 0 Å². The number of thiazole rings is 1. The van der Waals surface area contributed by atoms with E-state index in [2.05, 4.69) is 20.9 Å². The Kier molecular flexibility index (Phi) is 3.66. The summed E-state index contributed by atoms with van der Waals surface area (Å²) in [7, 11) is 0. The lowest BCUT2D eigenvalue weighted by Gasteiger charge is -2.05. The van der Waals surface area contributed by atoms with Crippen LogP contribution in [0.3, 0.4) is 0 Å². The minimum atomic E-state index is -1.10. The van der Waals surface area contributed by atoms with Gasteiger partial charge in [0.05, 0.1) is 0 Å². The van der Waals surface area contributed by atoms with Crippen LogP contribution >= 0.6 is 38.9 Å². The predicted molar refractivity (Wildman–Crippen MR) is 68.3 cm³/mol. The molecule has 7 heteroatoms. The molecular weight excluding hydrogens is 330 g/mol. The van der Waals surface area contributed by atoms with Crippen molar-refractivity contribution in [2.75, 3.05) is 0 Å². The molecule has 0 atom stereocenters. The number of nitrogens with zero attached hydrogens (tertiary/aromatic N) is 1. The highest BCUT2D eigenvalue weighted by Gasteiger charge is 2.14. The summed E-state index contributed by atoms with van der Waals surface area (Å²) < 4.78 is 6.03. The molecule has 0 bridgehead atoms. The summed E-state index contributed by atoms with van der Waals surface area (Å²) in [6, 6.07) is 4.40. The number of aromatic carboxylic acids is 1. The second-order valence-corrected chi connectivity index (χ2v) is 5.05. The van der Waals surface area contributed by atoms with Gasteiger partial charge < -0.3 is 9.84 Å². The van der Waals surface area contributed by atoms with Gasteiger partial charge in [0.2, 0.25) is 0 Å². The molecule has 0 amide bonds. The molecule has 1 aromatic heterocycles. The third-order valence-corrected chi connectivity index (χ3v) is 3.49. The van der Waals surface area contributed by atoms with Gasteiger partial charge in [-0.25, -0.2) is 4.79 Å². The Bertz CT molecular complexity index is 572. The second kappa shape index (κ2) is 5.03. The van der Waals surface area contributed by atoms with E-state index in [4.69, 9.17) is 21.4 Å². The molecule has 1 heterocycles. The van der Waals surface area contributed by atoms with Crippen molar-refractivity contribution < 1.29 is 14.6 Å². The highest BCUT2D eigenvalue weighted by atomic mass is 79.9. The largest absolute Gasteiger partial charge is 0.478 e. The lowest BCUT2D eigenvalue weighted by molar-refractivity contribution is 0.0694. The van der Waals surface area contributed by atoms with Gasteiger partial charge >= 0.3 is 5.97 Å². The average molecular weight is 335 g/mol. The van der Waals surface area contributed by atoms with Crippen LogP contribution in [0.5, 0.6) is 10.9 Å². The maximum absolute atomic E-state index is 11.0. The Morgan fingerprint density at radius 1 is 1.53 bits per heavy atom. The van der Waals surface area contributed by atoms with Crippen LogP contribution in [-0.4, -0.2) is 16.1 Å². The van der Waals surface area contributed by atoms with Crippen molar-refractivity contribution in [2.45, 2.75) is 0 Å². The van der Waals surface area contributed by atoms with E-state index in [1.807, 2.05) is 0 Å². The summed E-state index contributed by atoms with van der Waals surface area (Å²) in [5.41, 5.74) is 0.00354. The van der Waals surface area contributed by atoms with Crippen LogP contribution in [0.4, 0.5) is 0 Å². The highest BCUT2D eigenvalue weighted by Crippen LogP contribution is 2.31. The fourth-order valence-electron chi connectivity index (χ4n) is 1.14. The minimum Gasteiger partial charge on any atom is -0.478 e. The highest BCUT2D eigenvalue weighted by molar-refractivity contribution is 9.10. The van der Waals surface area contributed by atoms with Gasteiger partial charge in [-0.3, -0.25) is 0 Å². The maximum atomic E-state index is 11.0. The first-order valence-corrected chi connectivity index (χ1v) is 6.43. The Labute approximate surface area is 114 Å². The fourth-order valence-corrected chi connectivity index (χ4v) is 2.41. The summed E-state index contributed by atoms with van der Waals surface area (Å²) in [5.74, 6) is -0.887. The molecule has 0 saturated heterocycles. The van der Waals surface area contributed by atoms with Gasteiger partial charge in [-0.1, -0.05) is 22.9 Å². The van der Waals surface area contributed by atoms with Gasteiger partial charge in [0.1, 0.15) is 15.9 Å². The smallest absolute Gasteiger partial charge is 0.339 e. The Hall–Kier alpha value is -1.11. The molecule has 0 aliphatic heterocycles. The molecule has 1 N–H and O–H groups in total. The third kappa shape index (κ3) is 2.96. The molecule has 0 aliphatic carbocycles. The molecule has 0 fully saturated rings. The average Bonchev–Trinajstić information content (AvgIpc) is 2.66. The van der Waals surface area contributed by atoms with Crippen molar-refractivity contribution in [3.05, 3.63) is 38.8 Å². The van der Waals surface area contributed by atoms with Crippen molar-refractivity contribution in [1.29, 1.82) is 0 Å². The summed E-state index contributed by atoms with van der Waals surface area (Å²) in [5, 5.41) is 11.5. The summed E-state index contributed by atoms with van der Waals surface area (Å²) in [4.78, 5) is 15.0. The van der Waals surface area contributed by atoms with E-state index in [9.17, 15) is 4.79 Å². The molecule has 88 valence electrons. The monoisotopic (exact) mass is 333 g/mol. The molecule has 2 aromatic rings. The zero-order valence-electron chi connectivity index (χ0n) is 8.18.